The van der Waals surface area contributed by atoms with Crippen LogP contribution in [0.4, 0.5) is 21.9 Å². The first-order valence-corrected chi connectivity index (χ1v) is 8.91. The summed E-state index contributed by atoms with van der Waals surface area (Å²) in [5.41, 5.74) is 7.40. The molecule has 28 heavy (non-hydrogen) atoms. The van der Waals surface area contributed by atoms with E-state index in [1.54, 1.807) is 36.4 Å². The zero-order valence-electron chi connectivity index (χ0n) is 15.9. The number of rotatable bonds is 7. The van der Waals surface area contributed by atoms with Crippen molar-refractivity contribution in [3.63, 3.8) is 0 Å². The third kappa shape index (κ3) is 6.73. The van der Waals surface area contributed by atoms with Crippen LogP contribution in [0.25, 0.3) is 0 Å². The molecule has 0 aliphatic heterocycles. The van der Waals surface area contributed by atoms with Crippen LogP contribution >= 0.6 is 0 Å². The van der Waals surface area contributed by atoms with Crippen molar-refractivity contribution in [1.82, 2.24) is 5.32 Å². The summed E-state index contributed by atoms with van der Waals surface area (Å²) >= 11 is 0. The molecule has 148 valence electrons. The number of hydrogen-bond donors (Lipinski definition) is 5. The molecule has 0 radical (unpaired) electrons. The van der Waals surface area contributed by atoms with Gasteiger partial charge in [-0.05, 0) is 36.2 Å². The molecule has 8 nitrogen and oxygen atoms in total. The van der Waals surface area contributed by atoms with Crippen LogP contribution in [0.15, 0.2) is 54.6 Å². The molecule has 1 atom stereocenters. The Bertz CT molecular complexity index is 824. The van der Waals surface area contributed by atoms with Crippen LogP contribution in [0.3, 0.4) is 0 Å². The Morgan fingerprint density at radius 2 is 1.43 bits per heavy atom. The molecule has 0 fully saturated rings. The largest absolute Gasteiger partial charge is 0.346 e. The van der Waals surface area contributed by atoms with Crippen molar-refractivity contribution in [3.8, 4) is 0 Å². The van der Waals surface area contributed by atoms with Gasteiger partial charge in [-0.15, -0.1) is 0 Å². The molecule has 0 spiro atoms. The molecule has 2 aromatic rings. The van der Waals surface area contributed by atoms with Crippen LogP contribution < -0.4 is 27.0 Å². The first kappa shape index (κ1) is 20.9. The lowest BCUT2D eigenvalue weighted by Gasteiger charge is -2.15. The number of anilines is 3. The van der Waals surface area contributed by atoms with Crippen molar-refractivity contribution in [2.75, 3.05) is 22.5 Å². The van der Waals surface area contributed by atoms with E-state index in [0.29, 0.717) is 17.1 Å². The van der Waals surface area contributed by atoms with E-state index >= 15 is 0 Å². The topological polar surface area (TPSA) is 125 Å². The van der Waals surface area contributed by atoms with Crippen molar-refractivity contribution >= 4 is 34.9 Å². The molecule has 4 amide bonds. The van der Waals surface area contributed by atoms with E-state index < -0.39 is 18.0 Å². The average molecular weight is 383 g/mol. The Morgan fingerprint density at radius 3 is 2.07 bits per heavy atom. The van der Waals surface area contributed by atoms with E-state index in [-0.39, 0.29) is 18.4 Å². The van der Waals surface area contributed by atoms with Gasteiger partial charge in [-0.2, -0.15) is 0 Å². The zero-order chi connectivity index (χ0) is 20.5. The number of carbonyl (C=O) groups is 3. The van der Waals surface area contributed by atoms with Gasteiger partial charge in [0.1, 0.15) is 0 Å². The number of para-hydroxylation sites is 1. The second-order valence-corrected chi connectivity index (χ2v) is 6.56. The average Bonchev–Trinajstić information content (AvgIpc) is 2.66. The SMILES string of the molecule is CC(C)[C@H](N)C(=O)NCC(=O)Nc1cccc(NC(=O)Nc2ccccc2)c1. The summed E-state index contributed by atoms with van der Waals surface area (Å²) in [5.74, 6) is -0.791. The molecule has 2 rings (SSSR count). The van der Waals surface area contributed by atoms with E-state index in [2.05, 4.69) is 21.3 Å². The quantitative estimate of drug-likeness (QED) is 0.503. The Hall–Kier alpha value is -3.39. The summed E-state index contributed by atoms with van der Waals surface area (Å²) in [6.45, 7) is 3.47. The molecule has 0 bridgehead atoms. The lowest BCUT2D eigenvalue weighted by atomic mass is 10.1. The first-order chi connectivity index (χ1) is 13.3. The van der Waals surface area contributed by atoms with Gasteiger partial charge in [0.05, 0.1) is 12.6 Å². The molecular formula is C20H25N5O3. The van der Waals surface area contributed by atoms with Gasteiger partial charge in [-0.3, -0.25) is 9.59 Å². The van der Waals surface area contributed by atoms with Crippen molar-refractivity contribution in [2.45, 2.75) is 19.9 Å². The standard InChI is InChI=1S/C20H25N5O3/c1-13(2)18(21)19(27)22-12-17(26)23-15-9-6-10-16(11-15)25-20(28)24-14-7-4-3-5-8-14/h3-11,13,18H,12,21H2,1-2H3,(H,22,27)(H,23,26)(H2,24,25,28)/t18-/m0/s1. The minimum absolute atomic E-state index is 0.0205. The fraction of sp³-hybridized carbons (Fsp3) is 0.250. The fourth-order valence-electron chi connectivity index (χ4n) is 2.28. The molecule has 6 N–H and O–H groups in total. The molecule has 0 aliphatic carbocycles. The van der Waals surface area contributed by atoms with Gasteiger partial charge in [-0.25, -0.2) is 4.79 Å². The number of amides is 4. The van der Waals surface area contributed by atoms with Crippen molar-refractivity contribution in [3.05, 3.63) is 54.6 Å². The third-order valence-corrected chi connectivity index (χ3v) is 3.88. The molecule has 8 heteroatoms. The summed E-state index contributed by atoms with van der Waals surface area (Å²) in [6, 6.07) is 14.7. The van der Waals surface area contributed by atoms with Crippen LogP contribution in [-0.4, -0.2) is 30.4 Å². The maximum absolute atomic E-state index is 12.0. The highest BCUT2D eigenvalue weighted by Crippen LogP contribution is 2.15. The minimum atomic E-state index is -0.663. The lowest BCUT2D eigenvalue weighted by molar-refractivity contribution is -0.125. The number of hydrogen-bond acceptors (Lipinski definition) is 4. The molecule has 0 saturated carbocycles. The summed E-state index contributed by atoms with van der Waals surface area (Å²) in [6.07, 6.45) is 0. The molecule has 0 unspecified atom stereocenters. The fourth-order valence-corrected chi connectivity index (χ4v) is 2.28. The predicted octanol–water partition coefficient (Wildman–Crippen LogP) is 2.37. The zero-order valence-corrected chi connectivity index (χ0v) is 15.9. The second kappa shape index (κ2) is 10.1. The van der Waals surface area contributed by atoms with Crippen LogP contribution in [0.5, 0.6) is 0 Å². The number of nitrogens with one attached hydrogen (secondary N) is 4. The molecule has 0 heterocycles. The van der Waals surface area contributed by atoms with Gasteiger partial charge in [0.25, 0.3) is 0 Å². The molecule has 0 aliphatic rings. The van der Waals surface area contributed by atoms with Gasteiger partial charge >= 0.3 is 6.03 Å². The smallest absolute Gasteiger partial charge is 0.323 e. The number of carbonyl (C=O) groups excluding carboxylic acids is 3. The molecule has 0 saturated heterocycles. The number of nitrogens with two attached hydrogens (primary N) is 1. The van der Waals surface area contributed by atoms with E-state index in [4.69, 9.17) is 5.73 Å². The van der Waals surface area contributed by atoms with E-state index in [9.17, 15) is 14.4 Å². The lowest BCUT2D eigenvalue weighted by Crippen LogP contribution is -2.46. The molecule has 2 aromatic carbocycles. The summed E-state index contributed by atoms with van der Waals surface area (Å²) in [7, 11) is 0. The third-order valence-electron chi connectivity index (χ3n) is 3.88. The summed E-state index contributed by atoms with van der Waals surface area (Å²) in [5, 5.41) is 10.6. The van der Waals surface area contributed by atoms with Crippen LogP contribution in [-0.2, 0) is 9.59 Å². The predicted molar refractivity (Wildman–Crippen MR) is 110 cm³/mol. The second-order valence-electron chi connectivity index (χ2n) is 6.56. The number of urea groups is 1. The van der Waals surface area contributed by atoms with Crippen LogP contribution in [0.2, 0.25) is 0 Å². The van der Waals surface area contributed by atoms with Crippen molar-refractivity contribution in [1.29, 1.82) is 0 Å². The highest BCUT2D eigenvalue weighted by Gasteiger charge is 2.17. The van der Waals surface area contributed by atoms with Gasteiger partial charge in [0.2, 0.25) is 11.8 Å². The maximum atomic E-state index is 12.0. The van der Waals surface area contributed by atoms with Gasteiger partial charge < -0.3 is 27.0 Å². The van der Waals surface area contributed by atoms with Crippen molar-refractivity contribution in [2.24, 2.45) is 11.7 Å². The molecule has 0 aromatic heterocycles. The Morgan fingerprint density at radius 1 is 0.857 bits per heavy atom. The number of benzene rings is 2. The van der Waals surface area contributed by atoms with Gasteiger partial charge in [0, 0.05) is 17.1 Å². The highest BCUT2D eigenvalue weighted by atomic mass is 16.2. The van der Waals surface area contributed by atoms with Crippen LogP contribution in [0.1, 0.15) is 13.8 Å². The Kier molecular flexibility index (Phi) is 7.53. The Labute approximate surface area is 163 Å². The maximum Gasteiger partial charge on any atom is 0.323 e. The summed E-state index contributed by atoms with van der Waals surface area (Å²) < 4.78 is 0. The summed E-state index contributed by atoms with van der Waals surface area (Å²) in [4.78, 5) is 35.9. The van der Waals surface area contributed by atoms with E-state index in [1.807, 2.05) is 32.0 Å². The minimum Gasteiger partial charge on any atom is -0.346 e. The van der Waals surface area contributed by atoms with Gasteiger partial charge in [-0.1, -0.05) is 38.1 Å². The van der Waals surface area contributed by atoms with Crippen molar-refractivity contribution < 1.29 is 14.4 Å². The Balaban J connectivity index is 1.86. The monoisotopic (exact) mass is 383 g/mol. The van der Waals surface area contributed by atoms with Gasteiger partial charge in [0.15, 0.2) is 0 Å². The van der Waals surface area contributed by atoms with Crippen LogP contribution in [0, 0.1) is 5.92 Å². The molecular weight excluding hydrogens is 358 g/mol. The normalized spacial score (nSPS) is 11.4. The van der Waals surface area contributed by atoms with E-state index in [1.165, 1.54) is 0 Å². The first-order valence-electron chi connectivity index (χ1n) is 8.91. The van der Waals surface area contributed by atoms with E-state index in [0.717, 1.165) is 0 Å². The highest BCUT2D eigenvalue weighted by molar-refractivity contribution is 6.00.